The minimum Gasteiger partial charge on any atom is -0.504 e. The first-order chi connectivity index (χ1) is 9.45. The van der Waals surface area contributed by atoms with Crippen LogP contribution in [0.1, 0.15) is 33.3 Å². The fourth-order valence-electron chi connectivity index (χ4n) is 2.39. The monoisotopic (exact) mass is 280 g/mol. The number of methoxy groups -OCH3 is 1. The summed E-state index contributed by atoms with van der Waals surface area (Å²) in [6.07, 6.45) is 0. The number of rotatable bonds is 8. The molecule has 4 nitrogen and oxygen atoms in total. The van der Waals surface area contributed by atoms with Gasteiger partial charge in [0.25, 0.3) is 0 Å². The van der Waals surface area contributed by atoms with E-state index in [1.165, 1.54) is 0 Å². The lowest BCUT2D eigenvalue weighted by Gasteiger charge is -2.30. The number of ether oxygens (including phenoxy) is 1. The second-order valence-corrected chi connectivity index (χ2v) is 5.61. The lowest BCUT2D eigenvalue weighted by Crippen LogP contribution is -2.41. The average molecular weight is 280 g/mol. The molecule has 114 valence electrons. The fraction of sp³-hybridized carbons (Fsp3) is 0.625. The smallest absolute Gasteiger partial charge is 0.160 e. The van der Waals surface area contributed by atoms with E-state index in [2.05, 4.69) is 37.9 Å². The molecule has 0 radical (unpaired) electrons. The molecular weight excluding hydrogens is 252 g/mol. The van der Waals surface area contributed by atoms with Crippen LogP contribution in [0.5, 0.6) is 11.5 Å². The lowest BCUT2D eigenvalue weighted by molar-refractivity contribution is 0.176. The van der Waals surface area contributed by atoms with Crippen molar-refractivity contribution in [3.05, 3.63) is 23.8 Å². The van der Waals surface area contributed by atoms with Gasteiger partial charge < -0.3 is 15.2 Å². The highest BCUT2D eigenvalue weighted by molar-refractivity contribution is 5.41. The molecule has 0 aliphatic heterocycles. The molecule has 0 saturated heterocycles. The van der Waals surface area contributed by atoms with Crippen LogP contribution in [0.3, 0.4) is 0 Å². The Balaban J connectivity index is 2.41. The first kappa shape index (κ1) is 16.8. The van der Waals surface area contributed by atoms with Gasteiger partial charge in [-0.05, 0) is 45.4 Å². The normalized spacial score (nSPS) is 11.6. The molecule has 0 heterocycles. The van der Waals surface area contributed by atoms with Gasteiger partial charge in [-0.2, -0.15) is 0 Å². The molecule has 0 amide bonds. The first-order valence-corrected chi connectivity index (χ1v) is 7.28. The Morgan fingerprint density at radius 3 is 2.40 bits per heavy atom. The van der Waals surface area contributed by atoms with E-state index < -0.39 is 0 Å². The fourth-order valence-corrected chi connectivity index (χ4v) is 2.39. The van der Waals surface area contributed by atoms with E-state index in [-0.39, 0.29) is 5.75 Å². The maximum Gasteiger partial charge on any atom is 0.160 e. The van der Waals surface area contributed by atoms with Gasteiger partial charge in [-0.15, -0.1) is 0 Å². The van der Waals surface area contributed by atoms with Crippen molar-refractivity contribution in [1.82, 2.24) is 10.2 Å². The van der Waals surface area contributed by atoms with Gasteiger partial charge in [0.1, 0.15) is 0 Å². The van der Waals surface area contributed by atoms with Crippen molar-refractivity contribution in [1.29, 1.82) is 0 Å². The van der Waals surface area contributed by atoms with Crippen LogP contribution in [-0.2, 0) is 6.54 Å². The number of nitrogens with zero attached hydrogens (tertiary/aromatic N) is 1. The Hall–Kier alpha value is -1.26. The number of hydrogen-bond donors (Lipinski definition) is 2. The molecule has 0 aliphatic carbocycles. The largest absolute Gasteiger partial charge is 0.504 e. The molecule has 1 aromatic rings. The van der Waals surface area contributed by atoms with Gasteiger partial charge in [0, 0.05) is 31.7 Å². The topological polar surface area (TPSA) is 44.7 Å². The first-order valence-electron chi connectivity index (χ1n) is 7.28. The van der Waals surface area contributed by atoms with Crippen LogP contribution in [-0.4, -0.2) is 42.3 Å². The molecule has 0 spiro atoms. The van der Waals surface area contributed by atoms with E-state index in [1.54, 1.807) is 13.2 Å². The van der Waals surface area contributed by atoms with Crippen LogP contribution in [0.25, 0.3) is 0 Å². The van der Waals surface area contributed by atoms with Crippen molar-refractivity contribution in [2.24, 2.45) is 0 Å². The van der Waals surface area contributed by atoms with Crippen molar-refractivity contribution < 1.29 is 9.84 Å². The summed E-state index contributed by atoms with van der Waals surface area (Å²) >= 11 is 0. The Bertz CT molecular complexity index is 397. The summed E-state index contributed by atoms with van der Waals surface area (Å²) in [5, 5.41) is 13.0. The van der Waals surface area contributed by atoms with Crippen LogP contribution in [0, 0.1) is 0 Å². The number of phenolic OH excluding ortho intramolecular Hbond substituents is 1. The molecule has 4 heteroatoms. The second-order valence-electron chi connectivity index (χ2n) is 5.61. The summed E-state index contributed by atoms with van der Waals surface area (Å²) < 4.78 is 5.11. The van der Waals surface area contributed by atoms with Gasteiger partial charge in [0.05, 0.1) is 7.11 Å². The van der Waals surface area contributed by atoms with Gasteiger partial charge >= 0.3 is 0 Å². The Morgan fingerprint density at radius 1 is 1.20 bits per heavy atom. The van der Waals surface area contributed by atoms with Gasteiger partial charge in [-0.25, -0.2) is 0 Å². The van der Waals surface area contributed by atoms with Crippen molar-refractivity contribution in [2.45, 2.75) is 46.3 Å². The predicted molar refractivity (Wildman–Crippen MR) is 83.3 cm³/mol. The molecule has 0 atom stereocenters. The zero-order chi connectivity index (χ0) is 15.1. The number of phenols is 1. The zero-order valence-corrected chi connectivity index (χ0v) is 13.3. The van der Waals surface area contributed by atoms with Crippen molar-refractivity contribution >= 4 is 0 Å². The molecule has 20 heavy (non-hydrogen) atoms. The minimum absolute atomic E-state index is 0.182. The van der Waals surface area contributed by atoms with E-state index in [4.69, 9.17) is 4.74 Å². The molecule has 0 bridgehead atoms. The van der Waals surface area contributed by atoms with Crippen LogP contribution in [0.2, 0.25) is 0 Å². The highest BCUT2D eigenvalue weighted by Gasteiger charge is 2.12. The van der Waals surface area contributed by atoms with Gasteiger partial charge in [-0.3, -0.25) is 4.90 Å². The molecule has 1 rings (SSSR count). The summed E-state index contributed by atoms with van der Waals surface area (Å²) in [5.41, 5.74) is 1.11. The highest BCUT2D eigenvalue weighted by Crippen LogP contribution is 2.26. The molecular formula is C16H28N2O2. The standard InChI is InChI=1S/C16H28N2O2/c1-12(2)18(13(3)4)9-8-17-11-14-6-7-15(19)16(10-14)20-5/h6-7,10,12-13,17,19H,8-9,11H2,1-5H3. The van der Waals surface area contributed by atoms with Crippen molar-refractivity contribution in [2.75, 3.05) is 20.2 Å². The summed E-state index contributed by atoms with van der Waals surface area (Å²) in [6.45, 7) is 11.7. The number of aromatic hydroxyl groups is 1. The van der Waals surface area contributed by atoms with Gasteiger partial charge in [-0.1, -0.05) is 6.07 Å². The highest BCUT2D eigenvalue weighted by atomic mass is 16.5. The molecule has 0 saturated carbocycles. The lowest BCUT2D eigenvalue weighted by atomic mass is 10.2. The van der Waals surface area contributed by atoms with Gasteiger partial charge in [0.2, 0.25) is 0 Å². The summed E-state index contributed by atoms with van der Waals surface area (Å²) in [4.78, 5) is 2.46. The average Bonchev–Trinajstić information content (AvgIpc) is 2.39. The Labute approximate surface area is 122 Å². The maximum atomic E-state index is 9.55. The Kier molecular flexibility index (Phi) is 6.82. The van der Waals surface area contributed by atoms with Gasteiger partial charge in [0.15, 0.2) is 11.5 Å². The third-order valence-electron chi connectivity index (χ3n) is 3.45. The van der Waals surface area contributed by atoms with E-state index in [0.717, 1.165) is 25.2 Å². The third kappa shape index (κ3) is 5.02. The quantitative estimate of drug-likeness (QED) is 0.719. The van der Waals surface area contributed by atoms with Crippen molar-refractivity contribution in [3.8, 4) is 11.5 Å². The van der Waals surface area contributed by atoms with Crippen LogP contribution >= 0.6 is 0 Å². The van der Waals surface area contributed by atoms with E-state index in [9.17, 15) is 5.11 Å². The second kappa shape index (κ2) is 8.12. The van der Waals surface area contributed by atoms with Crippen LogP contribution in [0.4, 0.5) is 0 Å². The van der Waals surface area contributed by atoms with E-state index in [1.807, 2.05) is 12.1 Å². The molecule has 0 aromatic heterocycles. The summed E-state index contributed by atoms with van der Waals surface area (Å²) in [6, 6.07) is 6.57. The summed E-state index contributed by atoms with van der Waals surface area (Å²) in [5.74, 6) is 0.706. The molecule has 1 aromatic carbocycles. The zero-order valence-electron chi connectivity index (χ0n) is 13.3. The van der Waals surface area contributed by atoms with Crippen molar-refractivity contribution in [3.63, 3.8) is 0 Å². The van der Waals surface area contributed by atoms with E-state index >= 15 is 0 Å². The third-order valence-corrected chi connectivity index (χ3v) is 3.45. The molecule has 0 aliphatic rings. The molecule has 0 fully saturated rings. The SMILES string of the molecule is COc1cc(CNCCN(C(C)C)C(C)C)ccc1O. The molecule has 0 unspecified atom stereocenters. The maximum absolute atomic E-state index is 9.55. The minimum atomic E-state index is 0.182. The van der Waals surface area contributed by atoms with Crippen LogP contribution < -0.4 is 10.1 Å². The van der Waals surface area contributed by atoms with E-state index in [0.29, 0.717) is 17.8 Å². The molecule has 2 N–H and O–H groups in total. The van der Waals surface area contributed by atoms with Crippen LogP contribution in [0.15, 0.2) is 18.2 Å². The number of nitrogens with one attached hydrogen (secondary N) is 1. The summed E-state index contributed by atoms with van der Waals surface area (Å²) in [7, 11) is 1.56. The predicted octanol–water partition coefficient (Wildman–Crippen LogP) is 2.61. The number of hydrogen-bond acceptors (Lipinski definition) is 4. The number of benzene rings is 1. The Morgan fingerprint density at radius 2 is 1.85 bits per heavy atom.